The zero-order chi connectivity index (χ0) is 12.8. The summed E-state index contributed by atoms with van der Waals surface area (Å²) in [6, 6.07) is 1.84. The predicted octanol–water partition coefficient (Wildman–Crippen LogP) is 1.03. The van der Waals surface area contributed by atoms with Crippen LogP contribution in [0.3, 0.4) is 0 Å². The Labute approximate surface area is 104 Å². The van der Waals surface area contributed by atoms with Crippen molar-refractivity contribution in [2.45, 2.75) is 32.1 Å². The molecule has 2 aromatic rings. The molecule has 1 aliphatic rings. The molecule has 0 unspecified atom stereocenters. The first-order valence-corrected chi connectivity index (χ1v) is 6.02. The Balaban J connectivity index is 2.07. The Kier molecular flexibility index (Phi) is 2.33. The van der Waals surface area contributed by atoms with E-state index in [0.717, 1.165) is 18.5 Å². The van der Waals surface area contributed by atoms with Crippen LogP contribution in [0.5, 0.6) is 0 Å². The molecular formula is C12H14N4O2. The fraction of sp³-hybridized carbons (Fsp3) is 0.500. The van der Waals surface area contributed by atoms with Crippen molar-refractivity contribution in [1.82, 2.24) is 19.6 Å². The van der Waals surface area contributed by atoms with Gasteiger partial charge in [0.05, 0.1) is 6.61 Å². The van der Waals surface area contributed by atoms with Gasteiger partial charge in [-0.05, 0) is 26.7 Å². The van der Waals surface area contributed by atoms with Crippen molar-refractivity contribution >= 4 is 11.6 Å². The summed E-state index contributed by atoms with van der Waals surface area (Å²) >= 11 is 0. The Morgan fingerprint density at radius 3 is 2.94 bits per heavy atom. The topological polar surface area (TPSA) is 69.4 Å². The van der Waals surface area contributed by atoms with Gasteiger partial charge in [-0.3, -0.25) is 9.20 Å². The molecule has 2 heterocycles. The predicted molar refractivity (Wildman–Crippen MR) is 63.1 cm³/mol. The second-order valence-electron chi connectivity index (χ2n) is 4.58. The Morgan fingerprint density at radius 1 is 1.50 bits per heavy atom. The van der Waals surface area contributed by atoms with Gasteiger partial charge in [0.2, 0.25) is 0 Å². The van der Waals surface area contributed by atoms with Crippen LogP contribution in [-0.4, -0.2) is 32.2 Å². The maximum atomic E-state index is 12.0. The first-order valence-electron chi connectivity index (χ1n) is 6.02. The molecule has 3 rings (SSSR count). The van der Waals surface area contributed by atoms with Crippen LogP contribution in [0.15, 0.2) is 12.4 Å². The van der Waals surface area contributed by atoms with Crippen molar-refractivity contribution in [2.75, 3.05) is 6.61 Å². The average molecular weight is 246 g/mol. The minimum Gasteiger partial charge on any atom is -0.465 e. The van der Waals surface area contributed by atoms with E-state index in [9.17, 15) is 4.79 Å². The molecule has 6 heteroatoms. The van der Waals surface area contributed by atoms with E-state index in [2.05, 4.69) is 15.2 Å². The normalized spacial score (nSPS) is 16.8. The number of hydrogen-bond acceptors (Lipinski definition) is 5. The van der Waals surface area contributed by atoms with E-state index in [0.29, 0.717) is 18.1 Å². The van der Waals surface area contributed by atoms with E-state index in [4.69, 9.17) is 4.74 Å². The van der Waals surface area contributed by atoms with Gasteiger partial charge in [-0.2, -0.15) is 0 Å². The van der Waals surface area contributed by atoms with Crippen molar-refractivity contribution in [2.24, 2.45) is 0 Å². The first-order chi connectivity index (χ1) is 8.67. The Morgan fingerprint density at radius 2 is 2.28 bits per heavy atom. The molecule has 94 valence electrons. The van der Waals surface area contributed by atoms with Crippen molar-refractivity contribution in [3.63, 3.8) is 0 Å². The quantitative estimate of drug-likeness (QED) is 0.756. The molecule has 0 spiro atoms. The summed E-state index contributed by atoms with van der Waals surface area (Å²) in [5.41, 5.74) is 0.988. The molecule has 0 radical (unpaired) electrons. The molecule has 0 aliphatic heterocycles. The Bertz CT molecular complexity index is 616. The summed E-state index contributed by atoms with van der Waals surface area (Å²) in [7, 11) is 0. The van der Waals surface area contributed by atoms with Crippen molar-refractivity contribution in [1.29, 1.82) is 0 Å². The molecule has 6 nitrogen and oxygen atoms in total. The van der Waals surface area contributed by atoms with Crippen molar-refractivity contribution in [3.8, 4) is 0 Å². The van der Waals surface area contributed by atoms with E-state index in [1.165, 1.54) is 0 Å². The third-order valence-electron chi connectivity index (χ3n) is 3.28. The summed E-state index contributed by atoms with van der Waals surface area (Å²) in [4.78, 5) is 16.2. The smallest absolute Gasteiger partial charge is 0.319 e. The largest absolute Gasteiger partial charge is 0.465 e. The monoisotopic (exact) mass is 246 g/mol. The van der Waals surface area contributed by atoms with Gasteiger partial charge in [0.1, 0.15) is 11.7 Å². The lowest BCUT2D eigenvalue weighted by Gasteiger charge is -2.11. The van der Waals surface area contributed by atoms with Crippen LogP contribution in [0.2, 0.25) is 0 Å². The molecule has 1 saturated carbocycles. The highest BCUT2D eigenvalue weighted by Gasteiger charge is 2.56. The van der Waals surface area contributed by atoms with Gasteiger partial charge in [-0.15, -0.1) is 10.2 Å². The number of nitrogens with zero attached hydrogens (tertiary/aromatic N) is 4. The molecule has 2 aromatic heterocycles. The van der Waals surface area contributed by atoms with Crippen LogP contribution in [0.25, 0.3) is 5.65 Å². The number of carbonyl (C=O) groups is 1. The highest BCUT2D eigenvalue weighted by molar-refractivity contribution is 5.85. The van der Waals surface area contributed by atoms with Crippen LogP contribution in [0, 0.1) is 6.92 Å². The number of esters is 1. The number of fused-ring (bicyclic) bond motifs is 1. The van der Waals surface area contributed by atoms with Gasteiger partial charge < -0.3 is 4.74 Å². The van der Waals surface area contributed by atoms with Crippen LogP contribution in [0.1, 0.15) is 31.3 Å². The van der Waals surface area contributed by atoms with Gasteiger partial charge in [0.15, 0.2) is 11.5 Å². The Hall–Kier alpha value is -1.98. The second-order valence-corrected chi connectivity index (χ2v) is 4.58. The fourth-order valence-electron chi connectivity index (χ4n) is 2.13. The van der Waals surface area contributed by atoms with E-state index < -0.39 is 5.41 Å². The lowest BCUT2D eigenvalue weighted by molar-refractivity contribution is -0.146. The van der Waals surface area contributed by atoms with E-state index in [1.807, 2.05) is 13.0 Å². The molecule has 0 aromatic carbocycles. The molecule has 18 heavy (non-hydrogen) atoms. The SMILES string of the molecule is CCOC(=O)C1(c2nnc3cc(C)ncn23)CC1. The van der Waals surface area contributed by atoms with Gasteiger partial charge in [-0.25, -0.2) is 4.98 Å². The summed E-state index contributed by atoms with van der Waals surface area (Å²) in [5, 5.41) is 8.24. The number of carbonyl (C=O) groups excluding carboxylic acids is 1. The minimum atomic E-state index is -0.605. The summed E-state index contributed by atoms with van der Waals surface area (Å²) in [5.74, 6) is 0.434. The molecule has 0 atom stereocenters. The number of hydrogen-bond donors (Lipinski definition) is 0. The van der Waals surface area contributed by atoms with Gasteiger partial charge in [0.25, 0.3) is 0 Å². The maximum Gasteiger partial charge on any atom is 0.319 e. The summed E-state index contributed by atoms with van der Waals surface area (Å²) in [6.45, 7) is 4.09. The van der Waals surface area contributed by atoms with E-state index in [-0.39, 0.29) is 5.97 Å². The molecule has 1 aliphatic carbocycles. The third kappa shape index (κ3) is 1.48. The lowest BCUT2D eigenvalue weighted by Crippen LogP contribution is -2.25. The average Bonchev–Trinajstić information content (AvgIpc) is 3.05. The van der Waals surface area contributed by atoms with Crippen LogP contribution in [0.4, 0.5) is 0 Å². The van der Waals surface area contributed by atoms with Gasteiger partial charge in [0, 0.05) is 11.8 Å². The number of rotatable bonds is 3. The molecular weight excluding hydrogens is 232 g/mol. The molecule has 0 amide bonds. The zero-order valence-corrected chi connectivity index (χ0v) is 10.4. The number of aryl methyl sites for hydroxylation is 1. The van der Waals surface area contributed by atoms with E-state index in [1.54, 1.807) is 17.7 Å². The highest BCUT2D eigenvalue weighted by Crippen LogP contribution is 2.48. The van der Waals surface area contributed by atoms with E-state index >= 15 is 0 Å². The molecule has 0 bridgehead atoms. The van der Waals surface area contributed by atoms with Crippen molar-refractivity contribution in [3.05, 3.63) is 23.9 Å². The zero-order valence-electron chi connectivity index (χ0n) is 10.4. The molecule has 0 saturated heterocycles. The van der Waals surface area contributed by atoms with Crippen LogP contribution >= 0.6 is 0 Å². The van der Waals surface area contributed by atoms with Crippen LogP contribution < -0.4 is 0 Å². The first kappa shape index (κ1) is 11.1. The fourth-order valence-corrected chi connectivity index (χ4v) is 2.13. The minimum absolute atomic E-state index is 0.208. The molecule has 1 fully saturated rings. The maximum absolute atomic E-state index is 12.0. The van der Waals surface area contributed by atoms with Crippen LogP contribution in [-0.2, 0) is 14.9 Å². The summed E-state index contributed by atoms with van der Waals surface area (Å²) < 4.78 is 6.90. The molecule has 0 N–H and O–H groups in total. The van der Waals surface area contributed by atoms with Gasteiger partial charge in [-0.1, -0.05) is 0 Å². The third-order valence-corrected chi connectivity index (χ3v) is 3.28. The lowest BCUT2D eigenvalue weighted by atomic mass is 10.1. The summed E-state index contributed by atoms with van der Waals surface area (Å²) in [6.07, 6.45) is 3.19. The highest BCUT2D eigenvalue weighted by atomic mass is 16.5. The number of aromatic nitrogens is 4. The number of ether oxygens (including phenoxy) is 1. The van der Waals surface area contributed by atoms with Crippen molar-refractivity contribution < 1.29 is 9.53 Å². The second kappa shape index (κ2) is 3.76. The standard InChI is InChI=1S/C12H14N4O2/c1-3-18-11(17)12(4-5-12)10-15-14-9-6-8(2)13-7-16(9)10/h6-7H,3-5H2,1-2H3. The van der Waals surface area contributed by atoms with Gasteiger partial charge >= 0.3 is 5.97 Å².